The monoisotopic (exact) mass is 488 g/mol. The molecular formula is C21H24N6O4S2. The van der Waals surface area contributed by atoms with Crippen LogP contribution in [0.2, 0.25) is 0 Å². The number of anilines is 2. The second-order valence-electron chi connectivity index (χ2n) is 7.64. The minimum atomic E-state index is -3.82. The van der Waals surface area contributed by atoms with Crippen molar-refractivity contribution in [2.75, 3.05) is 30.8 Å². The highest BCUT2D eigenvalue weighted by atomic mass is 32.2. The molecule has 3 heterocycles. The number of ether oxygens (including phenoxy) is 1. The Morgan fingerprint density at radius 1 is 1.21 bits per heavy atom. The number of rotatable bonds is 7. The minimum Gasteiger partial charge on any atom is -0.476 e. The summed E-state index contributed by atoms with van der Waals surface area (Å²) in [6.07, 6.45) is 2.26. The molecule has 33 heavy (non-hydrogen) atoms. The van der Waals surface area contributed by atoms with Crippen LogP contribution in [0.4, 0.5) is 16.4 Å². The molecule has 1 aliphatic heterocycles. The van der Waals surface area contributed by atoms with Crippen LogP contribution in [0, 0.1) is 0 Å². The first kappa shape index (κ1) is 23.1. The Labute approximate surface area is 195 Å². The number of aromatic nitrogens is 2. The number of primary sulfonamides is 1. The fraction of sp³-hybridized carbons (Fsp3) is 0.286. The molecule has 4 N–H and O–H groups in total. The fourth-order valence-electron chi connectivity index (χ4n) is 3.47. The number of hydrogen-bond donors (Lipinski definition) is 3. The van der Waals surface area contributed by atoms with Crippen LogP contribution < -0.4 is 20.5 Å². The number of likely N-dealkylation sites (tertiary alicyclic amines) is 1. The second-order valence-corrected chi connectivity index (χ2v) is 10.1. The van der Waals surface area contributed by atoms with Gasteiger partial charge in [-0.3, -0.25) is 10.6 Å². The van der Waals surface area contributed by atoms with Gasteiger partial charge < -0.3 is 9.64 Å². The van der Waals surface area contributed by atoms with Crippen molar-refractivity contribution in [1.29, 1.82) is 0 Å². The summed E-state index contributed by atoms with van der Waals surface area (Å²) in [5.41, 5.74) is 0.583. The average Bonchev–Trinajstić information content (AvgIpc) is 3.41. The van der Waals surface area contributed by atoms with Crippen LogP contribution in [0.15, 0.2) is 52.7 Å². The van der Waals surface area contributed by atoms with Crippen LogP contribution in [-0.4, -0.2) is 55.6 Å². The summed E-state index contributed by atoms with van der Waals surface area (Å²) < 4.78 is 28.9. The van der Waals surface area contributed by atoms with Crippen molar-refractivity contribution in [3.05, 3.63) is 47.8 Å². The number of nitrogens with one attached hydrogen (secondary N) is 2. The SMILES string of the molecule is CN1CCCC1COc1cccc(NC(=O)Nc2csc(-c3cccc(S(N)(=O)=O)c3)n2)n1. The van der Waals surface area contributed by atoms with Crippen LogP contribution in [0.1, 0.15) is 12.8 Å². The molecule has 0 radical (unpaired) electrons. The van der Waals surface area contributed by atoms with Crippen molar-refractivity contribution < 1.29 is 17.9 Å². The molecule has 0 spiro atoms. The van der Waals surface area contributed by atoms with Crippen molar-refractivity contribution in [1.82, 2.24) is 14.9 Å². The molecule has 0 bridgehead atoms. The Morgan fingerprint density at radius 3 is 2.76 bits per heavy atom. The molecule has 12 heteroatoms. The van der Waals surface area contributed by atoms with E-state index in [0.29, 0.717) is 40.7 Å². The van der Waals surface area contributed by atoms with E-state index in [1.54, 1.807) is 35.7 Å². The Morgan fingerprint density at radius 2 is 2.00 bits per heavy atom. The van der Waals surface area contributed by atoms with Gasteiger partial charge in [-0.15, -0.1) is 11.3 Å². The second kappa shape index (κ2) is 9.83. The van der Waals surface area contributed by atoms with Crippen LogP contribution in [-0.2, 0) is 10.0 Å². The lowest BCUT2D eigenvalue weighted by Gasteiger charge is -2.19. The molecule has 1 atom stereocenters. The van der Waals surface area contributed by atoms with Crippen molar-refractivity contribution in [3.8, 4) is 16.5 Å². The molecule has 174 valence electrons. The highest BCUT2D eigenvalue weighted by Gasteiger charge is 2.21. The number of benzene rings is 1. The summed E-state index contributed by atoms with van der Waals surface area (Å²) in [5, 5.41) is 12.7. The van der Waals surface area contributed by atoms with Gasteiger partial charge >= 0.3 is 6.03 Å². The summed E-state index contributed by atoms with van der Waals surface area (Å²) in [4.78, 5) is 23.3. The van der Waals surface area contributed by atoms with Crippen LogP contribution in [0.5, 0.6) is 5.88 Å². The Hall–Kier alpha value is -3.06. The molecule has 1 aromatic carbocycles. The molecule has 2 amide bonds. The van der Waals surface area contributed by atoms with E-state index in [1.165, 1.54) is 23.5 Å². The van der Waals surface area contributed by atoms with E-state index in [9.17, 15) is 13.2 Å². The summed E-state index contributed by atoms with van der Waals surface area (Å²) in [7, 11) is -1.74. The van der Waals surface area contributed by atoms with E-state index >= 15 is 0 Å². The predicted octanol–water partition coefficient (Wildman–Crippen LogP) is 2.97. The molecule has 3 aromatic rings. The molecular weight excluding hydrogens is 464 g/mol. The molecule has 1 aliphatic rings. The maximum Gasteiger partial charge on any atom is 0.326 e. The molecule has 0 aliphatic carbocycles. The number of pyridine rings is 1. The van der Waals surface area contributed by atoms with Gasteiger partial charge in [-0.05, 0) is 44.6 Å². The van der Waals surface area contributed by atoms with Gasteiger partial charge in [0.1, 0.15) is 23.3 Å². The number of likely N-dealkylation sites (N-methyl/N-ethyl adjacent to an activating group) is 1. The number of hydrogen-bond acceptors (Lipinski definition) is 8. The van der Waals surface area contributed by atoms with Gasteiger partial charge in [0.25, 0.3) is 0 Å². The maximum atomic E-state index is 12.4. The van der Waals surface area contributed by atoms with Gasteiger partial charge in [0.2, 0.25) is 15.9 Å². The fourth-order valence-corrected chi connectivity index (χ4v) is 4.78. The molecule has 1 fully saturated rings. The minimum absolute atomic E-state index is 0.00444. The predicted molar refractivity (Wildman–Crippen MR) is 127 cm³/mol. The zero-order valence-electron chi connectivity index (χ0n) is 17.9. The molecule has 1 unspecified atom stereocenters. The van der Waals surface area contributed by atoms with Gasteiger partial charge in [0.15, 0.2) is 0 Å². The first-order chi connectivity index (χ1) is 15.8. The number of sulfonamides is 1. The maximum absolute atomic E-state index is 12.4. The third-order valence-electron chi connectivity index (χ3n) is 5.22. The summed E-state index contributed by atoms with van der Waals surface area (Å²) in [6.45, 7) is 1.62. The number of amides is 2. The standard InChI is InChI=1S/C21H24N6O4S2/c1-27-10-4-6-15(27)12-31-19-9-3-8-17(23-19)25-21(28)26-18-13-32-20(24-18)14-5-2-7-16(11-14)33(22,29)30/h2-3,5,7-9,11,13,15H,4,6,10,12H2,1H3,(H2,22,29,30)(H2,23,25,26,28). The topological polar surface area (TPSA) is 140 Å². The average molecular weight is 489 g/mol. The number of thiazole rings is 1. The lowest BCUT2D eigenvalue weighted by atomic mass is 10.2. The zero-order valence-corrected chi connectivity index (χ0v) is 19.5. The Balaban J connectivity index is 1.36. The number of nitrogens with two attached hydrogens (primary N) is 1. The van der Waals surface area contributed by atoms with Gasteiger partial charge in [-0.1, -0.05) is 18.2 Å². The van der Waals surface area contributed by atoms with Crippen LogP contribution >= 0.6 is 11.3 Å². The van der Waals surface area contributed by atoms with Gasteiger partial charge in [0.05, 0.1) is 4.90 Å². The van der Waals surface area contributed by atoms with Gasteiger partial charge in [0, 0.05) is 23.1 Å². The van der Waals surface area contributed by atoms with Crippen molar-refractivity contribution in [2.24, 2.45) is 5.14 Å². The normalized spacial score (nSPS) is 16.5. The lowest BCUT2D eigenvalue weighted by molar-refractivity contribution is 0.193. The van der Waals surface area contributed by atoms with E-state index in [2.05, 4.69) is 32.5 Å². The third-order valence-corrected chi connectivity index (χ3v) is 7.02. The Kier molecular flexibility index (Phi) is 6.88. The van der Waals surface area contributed by atoms with Crippen LogP contribution in [0.25, 0.3) is 10.6 Å². The zero-order chi connectivity index (χ0) is 23.4. The van der Waals surface area contributed by atoms with Crippen molar-refractivity contribution >= 4 is 39.0 Å². The molecule has 1 saturated heterocycles. The molecule has 10 nitrogen and oxygen atoms in total. The first-order valence-corrected chi connectivity index (χ1v) is 12.7. The highest BCUT2D eigenvalue weighted by molar-refractivity contribution is 7.89. The van der Waals surface area contributed by atoms with E-state index < -0.39 is 16.1 Å². The van der Waals surface area contributed by atoms with E-state index in [4.69, 9.17) is 9.88 Å². The van der Waals surface area contributed by atoms with E-state index in [1.807, 2.05) is 0 Å². The summed E-state index contributed by atoms with van der Waals surface area (Å²) in [6, 6.07) is 11.2. The van der Waals surface area contributed by atoms with Gasteiger partial charge in [-0.25, -0.2) is 23.3 Å². The van der Waals surface area contributed by atoms with E-state index in [0.717, 1.165) is 19.4 Å². The van der Waals surface area contributed by atoms with Crippen molar-refractivity contribution in [2.45, 2.75) is 23.8 Å². The number of carbonyl (C=O) groups is 1. The van der Waals surface area contributed by atoms with Gasteiger partial charge in [-0.2, -0.15) is 4.98 Å². The highest BCUT2D eigenvalue weighted by Crippen LogP contribution is 2.27. The Bertz CT molecular complexity index is 1250. The smallest absolute Gasteiger partial charge is 0.326 e. The summed E-state index contributed by atoms with van der Waals surface area (Å²) in [5.74, 6) is 1.12. The molecule has 4 rings (SSSR count). The largest absolute Gasteiger partial charge is 0.476 e. The summed E-state index contributed by atoms with van der Waals surface area (Å²) >= 11 is 1.26. The first-order valence-electron chi connectivity index (χ1n) is 10.2. The quantitative estimate of drug-likeness (QED) is 0.464. The molecule has 2 aromatic heterocycles. The van der Waals surface area contributed by atoms with Crippen LogP contribution in [0.3, 0.4) is 0 Å². The third kappa shape index (κ3) is 6.05. The number of nitrogens with zero attached hydrogens (tertiary/aromatic N) is 3. The molecule has 0 saturated carbocycles. The lowest BCUT2D eigenvalue weighted by Crippen LogP contribution is -2.30. The van der Waals surface area contributed by atoms with Crippen molar-refractivity contribution in [3.63, 3.8) is 0 Å². The van der Waals surface area contributed by atoms with E-state index in [-0.39, 0.29) is 4.90 Å². The number of urea groups is 1. The number of carbonyl (C=O) groups excluding carboxylic acids is 1.